The molecular formula is C14H25N5O2. The van der Waals surface area contributed by atoms with Crippen LogP contribution in [-0.2, 0) is 4.79 Å². The van der Waals surface area contributed by atoms with Crippen LogP contribution in [0.15, 0.2) is 4.42 Å². The Bertz CT molecular complexity index is 462. The molecule has 7 heteroatoms. The predicted octanol–water partition coefficient (Wildman–Crippen LogP) is 1.14. The Labute approximate surface area is 125 Å². The molecule has 7 nitrogen and oxygen atoms in total. The first-order chi connectivity index (χ1) is 10.1. The van der Waals surface area contributed by atoms with Gasteiger partial charge in [0.2, 0.25) is 11.8 Å². The third-order valence-corrected chi connectivity index (χ3v) is 4.02. The van der Waals surface area contributed by atoms with E-state index in [0.717, 1.165) is 45.3 Å². The highest BCUT2D eigenvalue weighted by Crippen LogP contribution is 2.27. The molecule has 2 atom stereocenters. The van der Waals surface area contributed by atoms with E-state index in [2.05, 4.69) is 27.3 Å². The van der Waals surface area contributed by atoms with Gasteiger partial charge in [0.25, 0.3) is 0 Å². The number of carbonyl (C=O) groups is 1. The molecule has 1 saturated heterocycles. The first-order valence-electron chi connectivity index (χ1n) is 7.72. The van der Waals surface area contributed by atoms with E-state index < -0.39 is 0 Å². The number of hydrogen-bond acceptors (Lipinski definition) is 6. The van der Waals surface area contributed by atoms with Gasteiger partial charge in [0.05, 0.1) is 12.0 Å². The Morgan fingerprint density at radius 2 is 2.38 bits per heavy atom. The van der Waals surface area contributed by atoms with Crippen LogP contribution in [0, 0.1) is 0 Å². The van der Waals surface area contributed by atoms with Crippen molar-refractivity contribution in [2.45, 2.75) is 51.5 Å². The van der Waals surface area contributed by atoms with Gasteiger partial charge in [-0.25, -0.2) is 0 Å². The Balaban J connectivity index is 1.89. The van der Waals surface area contributed by atoms with Crippen molar-refractivity contribution >= 4 is 11.9 Å². The topological polar surface area (TPSA) is 97.3 Å². The first kappa shape index (κ1) is 15.8. The van der Waals surface area contributed by atoms with Crippen LogP contribution in [0.25, 0.3) is 0 Å². The van der Waals surface area contributed by atoms with E-state index >= 15 is 0 Å². The van der Waals surface area contributed by atoms with Crippen molar-refractivity contribution in [1.29, 1.82) is 0 Å². The lowest BCUT2D eigenvalue weighted by Gasteiger charge is -2.34. The third-order valence-electron chi connectivity index (χ3n) is 4.02. The van der Waals surface area contributed by atoms with E-state index in [9.17, 15) is 4.79 Å². The summed E-state index contributed by atoms with van der Waals surface area (Å²) in [4.78, 5) is 14.3. The van der Waals surface area contributed by atoms with Crippen LogP contribution in [0.3, 0.4) is 0 Å². The first-order valence-corrected chi connectivity index (χ1v) is 7.72. The molecule has 1 aromatic heterocycles. The van der Waals surface area contributed by atoms with E-state index in [1.165, 1.54) is 0 Å². The van der Waals surface area contributed by atoms with Crippen LogP contribution in [-0.4, -0.2) is 46.7 Å². The molecular weight excluding hydrogens is 270 g/mol. The molecule has 1 fully saturated rings. The van der Waals surface area contributed by atoms with Crippen LogP contribution in [0.5, 0.6) is 0 Å². The Kier molecular flexibility index (Phi) is 5.55. The number of hydrogen-bond donors (Lipinski definition) is 2. The SMILES string of the molecule is CCCCNC(=O)C(C)N1CCCC(c2nnc(N)o2)C1. The fourth-order valence-electron chi connectivity index (χ4n) is 2.67. The Morgan fingerprint density at radius 1 is 1.57 bits per heavy atom. The van der Waals surface area contributed by atoms with E-state index in [-0.39, 0.29) is 23.9 Å². The zero-order valence-electron chi connectivity index (χ0n) is 12.8. The number of nitrogens with one attached hydrogen (secondary N) is 1. The highest BCUT2D eigenvalue weighted by Gasteiger charge is 2.30. The fourth-order valence-corrected chi connectivity index (χ4v) is 2.67. The van der Waals surface area contributed by atoms with E-state index in [4.69, 9.17) is 10.2 Å². The molecule has 2 rings (SSSR count). The van der Waals surface area contributed by atoms with Gasteiger partial charge in [-0.05, 0) is 32.7 Å². The lowest BCUT2D eigenvalue weighted by molar-refractivity contribution is -0.126. The minimum Gasteiger partial charge on any atom is -0.408 e. The predicted molar refractivity (Wildman–Crippen MR) is 79.6 cm³/mol. The standard InChI is InChI=1S/C14H25N5O2/c1-3-4-7-16-12(20)10(2)19-8-5-6-11(9-19)13-17-18-14(15)21-13/h10-11H,3-9H2,1-2H3,(H2,15,18)(H,16,20). The molecule has 1 amide bonds. The summed E-state index contributed by atoms with van der Waals surface area (Å²) in [7, 11) is 0. The summed E-state index contributed by atoms with van der Waals surface area (Å²) in [5, 5.41) is 10.7. The van der Waals surface area contributed by atoms with Crippen LogP contribution < -0.4 is 11.1 Å². The Hall–Kier alpha value is -1.63. The number of carbonyl (C=O) groups excluding carboxylic acids is 1. The molecule has 21 heavy (non-hydrogen) atoms. The minimum absolute atomic E-state index is 0.0918. The molecule has 118 valence electrons. The maximum atomic E-state index is 12.1. The Morgan fingerprint density at radius 3 is 3.05 bits per heavy atom. The summed E-state index contributed by atoms with van der Waals surface area (Å²) in [5.74, 6) is 0.833. The molecule has 0 saturated carbocycles. The quantitative estimate of drug-likeness (QED) is 0.764. The average Bonchev–Trinajstić information content (AvgIpc) is 2.93. The van der Waals surface area contributed by atoms with Crippen molar-refractivity contribution in [2.24, 2.45) is 0 Å². The summed E-state index contributed by atoms with van der Waals surface area (Å²) in [6.07, 6.45) is 4.10. The van der Waals surface area contributed by atoms with E-state index in [0.29, 0.717) is 5.89 Å². The van der Waals surface area contributed by atoms with Crippen molar-refractivity contribution in [1.82, 2.24) is 20.4 Å². The number of anilines is 1. The van der Waals surface area contributed by atoms with Gasteiger partial charge in [0.1, 0.15) is 0 Å². The number of aromatic nitrogens is 2. The van der Waals surface area contributed by atoms with Crippen LogP contribution in [0.4, 0.5) is 6.01 Å². The summed E-state index contributed by atoms with van der Waals surface area (Å²) in [6, 6.07) is -0.0302. The molecule has 2 heterocycles. The number of rotatable bonds is 6. The van der Waals surface area contributed by atoms with Crippen molar-refractivity contribution in [2.75, 3.05) is 25.4 Å². The lowest BCUT2D eigenvalue weighted by Crippen LogP contribution is -2.48. The molecule has 3 N–H and O–H groups in total. The second-order valence-corrected chi connectivity index (χ2v) is 5.63. The molecule has 1 aromatic rings. The zero-order valence-corrected chi connectivity index (χ0v) is 12.8. The average molecular weight is 295 g/mol. The number of nitrogens with zero attached hydrogens (tertiary/aromatic N) is 3. The van der Waals surface area contributed by atoms with Gasteiger partial charge < -0.3 is 15.5 Å². The number of unbranched alkanes of at least 4 members (excludes halogenated alkanes) is 1. The second-order valence-electron chi connectivity index (χ2n) is 5.63. The van der Waals surface area contributed by atoms with Gasteiger partial charge in [-0.2, -0.15) is 0 Å². The highest BCUT2D eigenvalue weighted by atomic mass is 16.4. The normalized spacial score (nSPS) is 21.1. The van der Waals surface area contributed by atoms with E-state index in [1.54, 1.807) is 0 Å². The molecule has 0 aliphatic carbocycles. The summed E-state index contributed by atoms with van der Waals surface area (Å²) >= 11 is 0. The number of amides is 1. The van der Waals surface area contributed by atoms with Gasteiger partial charge in [-0.3, -0.25) is 9.69 Å². The molecule has 0 radical (unpaired) electrons. The minimum atomic E-state index is -0.134. The van der Waals surface area contributed by atoms with Crippen molar-refractivity contribution in [3.8, 4) is 0 Å². The number of nitrogens with two attached hydrogens (primary N) is 1. The summed E-state index contributed by atoms with van der Waals surface area (Å²) < 4.78 is 5.32. The molecule has 0 bridgehead atoms. The van der Waals surface area contributed by atoms with Gasteiger partial charge in [0.15, 0.2) is 0 Å². The molecule has 0 aromatic carbocycles. The molecule has 1 aliphatic heterocycles. The van der Waals surface area contributed by atoms with Gasteiger partial charge >= 0.3 is 6.01 Å². The summed E-state index contributed by atoms with van der Waals surface area (Å²) in [5.41, 5.74) is 5.48. The maximum absolute atomic E-state index is 12.1. The fraction of sp³-hybridized carbons (Fsp3) is 0.786. The lowest BCUT2D eigenvalue weighted by atomic mass is 9.96. The van der Waals surface area contributed by atoms with Crippen molar-refractivity contribution < 1.29 is 9.21 Å². The number of likely N-dealkylation sites (tertiary alicyclic amines) is 1. The smallest absolute Gasteiger partial charge is 0.312 e. The van der Waals surface area contributed by atoms with Gasteiger partial charge in [0, 0.05) is 13.1 Å². The van der Waals surface area contributed by atoms with Gasteiger partial charge in [-0.1, -0.05) is 18.4 Å². The molecule has 1 aliphatic rings. The van der Waals surface area contributed by atoms with Crippen molar-refractivity contribution in [3.63, 3.8) is 0 Å². The number of piperidine rings is 1. The van der Waals surface area contributed by atoms with Crippen molar-refractivity contribution in [3.05, 3.63) is 5.89 Å². The van der Waals surface area contributed by atoms with Crippen LogP contribution in [0.2, 0.25) is 0 Å². The highest BCUT2D eigenvalue weighted by molar-refractivity contribution is 5.81. The van der Waals surface area contributed by atoms with Crippen LogP contribution in [0.1, 0.15) is 51.3 Å². The number of nitrogen functional groups attached to an aromatic ring is 1. The van der Waals surface area contributed by atoms with E-state index in [1.807, 2.05) is 6.92 Å². The van der Waals surface area contributed by atoms with Crippen LogP contribution >= 0.6 is 0 Å². The van der Waals surface area contributed by atoms with Gasteiger partial charge in [-0.15, -0.1) is 5.10 Å². The summed E-state index contributed by atoms with van der Waals surface area (Å²) in [6.45, 7) is 6.48. The molecule has 0 spiro atoms. The zero-order chi connectivity index (χ0) is 15.2. The second kappa shape index (κ2) is 7.40. The largest absolute Gasteiger partial charge is 0.408 e. The maximum Gasteiger partial charge on any atom is 0.312 e. The monoisotopic (exact) mass is 295 g/mol. The third kappa shape index (κ3) is 4.17. The molecule has 2 unspecified atom stereocenters.